The summed E-state index contributed by atoms with van der Waals surface area (Å²) in [6.45, 7) is 1.32. The number of hydrogen-bond acceptors (Lipinski definition) is 12. The van der Waals surface area contributed by atoms with Crippen molar-refractivity contribution in [2.24, 2.45) is 0 Å². The first kappa shape index (κ1) is 25.2. The fourth-order valence-electron chi connectivity index (χ4n) is 4.67. The molecule has 37 heavy (non-hydrogen) atoms. The van der Waals surface area contributed by atoms with Gasteiger partial charge in [-0.25, -0.2) is 22.8 Å². The first-order valence-corrected chi connectivity index (χ1v) is 13.6. The standard InChI is InChI=1S/C22H27FN8O5S/c1-34-20-18(21(35-2)27-13-26-20)31-17(28-29-19(31)16-6-4-8-36-16)12-37(32,33)15-5-3-7-30(11-15)22-24-9-14(23)10-25-22/h9-10,13,15-16H,3-8,11-12H2,1-2H3/t15-,16+/m0/s1. The van der Waals surface area contributed by atoms with Crippen LogP contribution in [0.3, 0.4) is 0 Å². The molecule has 15 heteroatoms. The molecular formula is C22H27FN8O5S. The summed E-state index contributed by atoms with van der Waals surface area (Å²) in [4.78, 5) is 18.1. The van der Waals surface area contributed by atoms with E-state index in [4.69, 9.17) is 14.2 Å². The fraction of sp³-hybridized carbons (Fsp3) is 0.545. The number of hydrogen-bond donors (Lipinski definition) is 0. The SMILES string of the molecule is COc1ncnc(OC)c1-n1c(CS(=O)(=O)[C@H]2CCCN(c3ncc(F)cn3)C2)nnc1[C@H]1CCCO1. The predicted octanol–water partition coefficient (Wildman–Crippen LogP) is 1.44. The highest BCUT2D eigenvalue weighted by Gasteiger charge is 2.36. The van der Waals surface area contributed by atoms with Crippen molar-refractivity contribution in [3.05, 3.63) is 36.2 Å². The number of anilines is 1. The quantitative estimate of drug-likeness (QED) is 0.412. The molecule has 0 bridgehead atoms. The largest absolute Gasteiger partial charge is 0.479 e. The van der Waals surface area contributed by atoms with Gasteiger partial charge in [0.15, 0.2) is 33.0 Å². The molecule has 0 aliphatic carbocycles. The van der Waals surface area contributed by atoms with Gasteiger partial charge in [0.1, 0.15) is 18.2 Å². The van der Waals surface area contributed by atoms with Crippen LogP contribution < -0.4 is 14.4 Å². The molecule has 0 N–H and O–H groups in total. The summed E-state index contributed by atoms with van der Waals surface area (Å²) < 4.78 is 59.0. The molecule has 5 heterocycles. The molecule has 3 aromatic rings. The van der Waals surface area contributed by atoms with Crippen molar-refractivity contribution < 1.29 is 27.0 Å². The predicted molar refractivity (Wildman–Crippen MR) is 128 cm³/mol. The van der Waals surface area contributed by atoms with Crippen LogP contribution in [0.5, 0.6) is 11.8 Å². The molecule has 0 spiro atoms. The van der Waals surface area contributed by atoms with E-state index in [9.17, 15) is 12.8 Å². The van der Waals surface area contributed by atoms with Gasteiger partial charge in [0.05, 0.1) is 31.9 Å². The van der Waals surface area contributed by atoms with Gasteiger partial charge in [0.25, 0.3) is 0 Å². The highest BCUT2D eigenvalue weighted by atomic mass is 32.2. The van der Waals surface area contributed by atoms with Crippen LogP contribution in [0.2, 0.25) is 0 Å². The molecule has 0 saturated carbocycles. The lowest BCUT2D eigenvalue weighted by Gasteiger charge is -2.32. The molecule has 0 aromatic carbocycles. The third-order valence-electron chi connectivity index (χ3n) is 6.44. The zero-order chi connectivity index (χ0) is 26.0. The molecule has 5 rings (SSSR count). The van der Waals surface area contributed by atoms with Gasteiger partial charge >= 0.3 is 0 Å². The van der Waals surface area contributed by atoms with Gasteiger partial charge in [0, 0.05) is 19.7 Å². The smallest absolute Gasteiger partial charge is 0.245 e. The Bertz CT molecular complexity index is 1330. The molecule has 2 saturated heterocycles. The van der Waals surface area contributed by atoms with Gasteiger partial charge in [-0.15, -0.1) is 10.2 Å². The van der Waals surface area contributed by atoms with E-state index >= 15 is 0 Å². The van der Waals surface area contributed by atoms with Crippen LogP contribution in [0.25, 0.3) is 5.69 Å². The van der Waals surface area contributed by atoms with E-state index in [2.05, 4.69) is 30.1 Å². The van der Waals surface area contributed by atoms with Gasteiger partial charge < -0.3 is 19.1 Å². The normalized spacial score (nSPS) is 20.2. The van der Waals surface area contributed by atoms with Crippen LogP contribution in [0.15, 0.2) is 18.7 Å². The highest BCUT2D eigenvalue weighted by molar-refractivity contribution is 7.91. The molecule has 13 nitrogen and oxygen atoms in total. The fourth-order valence-corrected chi connectivity index (χ4v) is 6.39. The van der Waals surface area contributed by atoms with Crippen LogP contribution >= 0.6 is 0 Å². The Balaban J connectivity index is 1.50. The second kappa shape index (κ2) is 10.5. The van der Waals surface area contributed by atoms with Crippen molar-refractivity contribution in [3.8, 4) is 17.4 Å². The summed E-state index contributed by atoms with van der Waals surface area (Å²) in [6.07, 6.45) is 5.69. The zero-order valence-corrected chi connectivity index (χ0v) is 21.3. The summed E-state index contributed by atoms with van der Waals surface area (Å²) in [5, 5.41) is 7.87. The second-order valence-electron chi connectivity index (χ2n) is 8.77. The van der Waals surface area contributed by atoms with Gasteiger partial charge in [-0.2, -0.15) is 9.97 Å². The molecule has 198 valence electrons. The Morgan fingerprint density at radius 2 is 1.78 bits per heavy atom. The monoisotopic (exact) mass is 534 g/mol. The third-order valence-corrected chi connectivity index (χ3v) is 8.51. The molecule has 2 fully saturated rings. The third kappa shape index (κ3) is 5.05. The van der Waals surface area contributed by atoms with Crippen LogP contribution in [-0.2, 0) is 20.3 Å². The first-order valence-electron chi connectivity index (χ1n) is 11.8. The summed E-state index contributed by atoms with van der Waals surface area (Å²) in [5.41, 5.74) is 0.304. The van der Waals surface area contributed by atoms with Gasteiger partial charge in [-0.3, -0.25) is 4.57 Å². The van der Waals surface area contributed by atoms with Crippen LogP contribution in [-0.4, -0.2) is 82.3 Å². The van der Waals surface area contributed by atoms with Crippen molar-refractivity contribution in [3.63, 3.8) is 0 Å². The van der Waals surface area contributed by atoms with E-state index in [-0.39, 0.29) is 30.2 Å². The number of methoxy groups -OCH3 is 2. The van der Waals surface area contributed by atoms with Gasteiger partial charge in [-0.05, 0) is 25.7 Å². The number of ether oxygens (including phenoxy) is 3. The van der Waals surface area contributed by atoms with Crippen molar-refractivity contribution in [1.82, 2.24) is 34.7 Å². The summed E-state index contributed by atoms with van der Waals surface area (Å²) >= 11 is 0. The van der Waals surface area contributed by atoms with E-state index in [1.807, 2.05) is 0 Å². The minimum Gasteiger partial charge on any atom is -0.479 e. The number of rotatable bonds is 8. The Morgan fingerprint density at radius 3 is 2.43 bits per heavy atom. The molecule has 2 atom stereocenters. The maximum Gasteiger partial charge on any atom is 0.245 e. The summed E-state index contributed by atoms with van der Waals surface area (Å²) in [7, 11) is -0.823. The molecular weight excluding hydrogens is 507 g/mol. The van der Waals surface area contributed by atoms with E-state index in [1.165, 1.54) is 20.5 Å². The molecule has 0 radical (unpaired) electrons. The highest BCUT2D eigenvalue weighted by Crippen LogP contribution is 2.36. The van der Waals surface area contributed by atoms with Crippen LogP contribution in [0, 0.1) is 5.82 Å². The molecule has 2 aliphatic heterocycles. The average Bonchev–Trinajstić information content (AvgIpc) is 3.58. The van der Waals surface area contributed by atoms with E-state index in [1.54, 1.807) is 9.47 Å². The number of sulfone groups is 1. The molecule has 2 aliphatic rings. The number of nitrogens with zero attached hydrogens (tertiary/aromatic N) is 8. The lowest BCUT2D eigenvalue weighted by atomic mass is 10.1. The maximum atomic E-state index is 13.7. The number of piperidine rings is 1. The molecule has 0 unspecified atom stereocenters. The van der Waals surface area contributed by atoms with Gasteiger partial charge in [-0.1, -0.05) is 0 Å². The summed E-state index contributed by atoms with van der Waals surface area (Å²) in [6, 6.07) is 0. The first-order chi connectivity index (χ1) is 17.9. The van der Waals surface area contributed by atoms with Crippen molar-refractivity contribution in [2.45, 2.75) is 42.8 Å². The van der Waals surface area contributed by atoms with Gasteiger partial charge in [0.2, 0.25) is 17.7 Å². The molecule has 0 amide bonds. The minimum atomic E-state index is -3.72. The number of halogens is 1. The van der Waals surface area contributed by atoms with E-state index < -0.39 is 26.7 Å². The second-order valence-corrected chi connectivity index (χ2v) is 11.1. The van der Waals surface area contributed by atoms with E-state index in [0.717, 1.165) is 18.8 Å². The lowest BCUT2D eigenvalue weighted by molar-refractivity contribution is 0.103. The lowest BCUT2D eigenvalue weighted by Crippen LogP contribution is -2.43. The summed E-state index contributed by atoms with van der Waals surface area (Å²) in [5.74, 6) is 0.314. The Kier molecular flexibility index (Phi) is 7.15. The van der Waals surface area contributed by atoms with Crippen LogP contribution in [0.4, 0.5) is 10.3 Å². The zero-order valence-electron chi connectivity index (χ0n) is 20.4. The molecule has 3 aromatic heterocycles. The van der Waals surface area contributed by atoms with Crippen LogP contribution in [0.1, 0.15) is 43.4 Å². The Hall–Kier alpha value is -3.46. The van der Waals surface area contributed by atoms with Crippen molar-refractivity contribution in [1.29, 1.82) is 0 Å². The minimum absolute atomic E-state index is 0.173. The number of aromatic nitrogens is 7. The van der Waals surface area contributed by atoms with E-state index in [0.29, 0.717) is 49.9 Å². The Morgan fingerprint density at radius 1 is 1.05 bits per heavy atom. The average molecular weight is 535 g/mol. The Labute approximate surface area is 213 Å². The maximum absolute atomic E-state index is 13.7. The van der Waals surface area contributed by atoms with Crippen molar-refractivity contribution >= 4 is 15.8 Å². The topological polar surface area (TPSA) is 147 Å². The van der Waals surface area contributed by atoms with Crippen molar-refractivity contribution in [2.75, 3.05) is 38.8 Å².